The molecule has 2 aliphatic heterocycles. The predicted octanol–water partition coefficient (Wildman–Crippen LogP) is 4.14. The van der Waals surface area contributed by atoms with Gasteiger partial charge in [0.05, 0.1) is 11.6 Å². The van der Waals surface area contributed by atoms with Gasteiger partial charge in [-0.05, 0) is 81.8 Å². The number of carboxylic acids is 1. The van der Waals surface area contributed by atoms with E-state index < -0.39 is 12.0 Å². The highest BCUT2D eigenvalue weighted by Crippen LogP contribution is 2.22. The summed E-state index contributed by atoms with van der Waals surface area (Å²) in [4.78, 5) is 27.7. The topological polar surface area (TPSA) is 112 Å². The van der Waals surface area contributed by atoms with Crippen LogP contribution in [0.5, 0.6) is 0 Å². The van der Waals surface area contributed by atoms with E-state index in [2.05, 4.69) is 37.6 Å². The summed E-state index contributed by atoms with van der Waals surface area (Å²) in [6.45, 7) is 4.48. The molecule has 1 fully saturated rings. The van der Waals surface area contributed by atoms with Crippen molar-refractivity contribution in [3.8, 4) is 0 Å². The van der Waals surface area contributed by atoms with E-state index >= 15 is 0 Å². The largest absolute Gasteiger partial charge is 0.480 e. The van der Waals surface area contributed by atoms with Crippen LogP contribution in [0.4, 0.5) is 11.6 Å². The van der Waals surface area contributed by atoms with Crippen LogP contribution in [0.3, 0.4) is 0 Å². The predicted molar refractivity (Wildman–Crippen MR) is 149 cm³/mol. The fourth-order valence-electron chi connectivity index (χ4n) is 5.40. The third kappa shape index (κ3) is 6.96. The number of benzene rings is 1. The number of para-hydroxylation sites is 1. The van der Waals surface area contributed by atoms with Crippen LogP contribution in [-0.2, 0) is 22.4 Å². The number of aryl methyl sites for hydroxylation is 2. The molecule has 1 saturated heterocycles. The number of pyridine rings is 1. The van der Waals surface area contributed by atoms with E-state index in [-0.39, 0.29) is 6.10 Å². The molecule has 0 bridgehead atoms. The average Bonchev–Trinajstić information content (AvgIpc) is 2.95. The van der Waals surface area contributed by atoms with Gasteiger partial charge in [-0.25, -0.2) is 19.7 Å². The second-order valence-electron chi connectivity index (χ2n) is 10.3. The van der Waals surface area contributed by atoms with Crippen molar-refractivity contribution in [2.45, 2.75) is 63.5 Å². The van der Waals surface area contributed by atoms with E-state index in [1.165, 1.54) is 24.0 Å². The number of fused-ring (bicyclic) bond motifs is 2. The maximum atomic E-state index is 11.9. The molecule has 3 N–H and O–H groups in total. The molecular weight excluding hydrogens is 480 g/mol. The number of nitrogens with zero attached hydrogens (tertiary/aromatic N) is 4. The molecule has 38 heavy (non-hydrogen) atoms. The first kappa shape index (κ1) is 26.3. The van der Waals surface area contributed by atoms with Gasteiger partial charge in [-0.15, -0.1) is 0 Å². The highest BCUT2D eigenvalue weighted by Gasteiger charge is 2.23. The zero-order valence-corrected chi connectivity index (χ0v) is 21.9. The van der Waals surface area contributed by atoms with Crippen LogP contribution in [0, 0.1) is 0 Å². The number of likely N-dealkylation sites (tertiary alicyclic amines) is 1. The first-order valence-electron chi connectivity index (χ1n) is 13.9. The number of anilines is 2. The second kappa shape index (κ2) is 13.0. The highest BCUT2D eigenvalue weighted by molar-refractivity contribution is 5.90. The second-order valence-corrected chi connectivity index (χ2v) is 10.3. The molecule has 9 heteroatoms. The molecule has 202 valence electrons. The third-order valence-corrected chi connectivity index (χ3v) is 7.48. The van der Waals surface area contributed by atoms with E-state index in [0.29, 0.717) is 18.8 Å². The third-order valence-electron chi connectivity index (χ3n) is 7.48. The number of hydrogen-bond acceptors (Lipinski definition) is 8. The van der Waals surface area contributed by atoms with E-state index in [9.17, 15) is 9.90 Å². The fraction of sp³-hybridized carbons (Fsp3) is 0.517. The molecule has 0 radical (unpaired) electrons. The Morgan fingerprint density at radius 1 is 1.18 bits per heavy atom. The van der Waals surface area contributed by atoms with Crippen molar-refractivity contribution in [2.75, 3.05) is 43.4 Å². The number of ether oxygens (including phenoxy) is 1. The van der Waals surface area contributed by atoms with Crippen LogP contribution in [0.2, 0.25) is 0 Å². The Morgan fingerprint density at radius 3 is 3.03 bits per heavy atom. The number of rotatable bonds is 12. The smallest absolute Gasteiger partial charge is 0.326 e. The van der Waals surface area contributed by atoms with Crippen LogP contribution in [0.25, 0.3) is 10.9 Å². The van der Waals surface area contributed by atoms with Gasteiger partial charge < -0.3 is 25.4 Å². The number of hydrogen-bond donors (Lipinski definition) is 3. The molecule has 0 unspecified atom stereocenters. The SMILES string of the molecule is O=C(O)[C@@H](CCO[C@@H]1CCCN(CCCCc2ccc3c(n2)NCCC3)C1)Nc1ncnc2ccccc12. The van der Waals surface area contributed by atoms with Gasteiger partial charge in [0.2, 0.25) is 0 Å². The van der Waals surface area contributed by atoms with Gasteiger partial charge in [-0.1, -0.05) is 18.2 Å². The van der Waals surface area contributed by atoms with E-state index in [0.717, 1.165) is 81.4 Å². The fourth-order valence-corrected chi connectivity index (χ4v) is 5.40. The van der Waals surface area contributed by atoms with Crippen LogP contribution < -0.4 is 10.6 Å². The number of carbonyl (C=O) groups is 1. The number of unbranched alkanes of at least 4 members (excludes halogenated alkanes) is 1. The standard InChI is InChI=1S/C29H38N6O3/c36-29(37)26(34-28-24-10-1-2-11-25(24)31-20-32-28)14-18-38-23-9-6-17-35(19-23)16-4-3-8-22-13-12-21-7-5-15-30-27(21)33-22/h1-2,10-13,20,23,26H,3-9,14-19H2,(H,30,33)(H,36,37)(H,31,32,34)/t23-,26-/m1/s1. The molecule has 2 aliphatic rings. The van der Waals surface area contributed by atoms with Crippen molar-refractivity contribution in [1.82, 2.24) is 19.9 Å². The Bertz CT molecular complexity index is 1220. The Morgan fingerprint density at radius 2 is 2.11 bits per heavy atom. The number of carboxylic acid groups (broad SMARTS) is 1. The number of piperidine rings is 1. The van der Waals surface area contributed by atoms with Crippen molar-refractivity contribution < 1.29 is 14.6 Å². The highest BCUT2D eigenvalue weighted by atomic mass is 16.5. The average molecular weight is 519 g/mol. The molecule has 0 amide bonds. The summed E-state index contributed by atoms with van der Waals surface area (Å²) in [5, 5.41) is 17.1. The number of aliphatic carboxylic acids is 1. The zero-order valence-electron chi connectivity index (χ0n) is 21.9. The molecule has 2 aromatic heterocycles. The van der Waals surface area contributed by atoms with Crippen molar-refractivity contribution in [1.29, 1.82) is 0 Å². The Kier molecular flexibility index (Phi) is 8.98. The van der Waals surface area contributed by atoms with Gasteiger partial charge >= 0.3 is 5.97 Å². The summed E-state index contributed by atoms with van der Waals surface area (Å²) in [6.07, 6.45) is 9.67. The Hall–Kier alpha value is -3.30. The molecule has 5 rings (SSSR count). The minimum Gasteiger partial charge on any atom is -0.480 e. The summed E-state index contributed by atoms with van der Waals surface area (Å²) < 4.78 is 6.15. The molecule has 3 aromatic rings. The first-order valence-corrected chi connectivity index (χ1v) is 13.9. The van der Waals surface area contributed by atoms with Gasteiger partial charge in [0.1, 0.15) is 24.0 Å². The van der Waals surface area contributed by atoms with Crippen molar-refractivity contribution in [3.05, 3.63) is 54.0 Å². The molecule has 0 spiro atoms. The molecule has 4 heterocycles. The first-order chi connectivity index (χ1) is 18.7. The van der Waals surface area contributed by atoms with Crippen LogP contribution in [-0.4, -0.2) is 75.9 Å². The minimum atomic E-state index is -0.911. The molecule has 1 aromatic carbocycles. The lowest BCUT2D eigenvalue weighted by molar-refractivity contribution is -0.138. The van der Waals surface area contributed by atoms with Crippen molar-refractivity contribution in [3.63, 3.8) is 0 Å². The van der Waals surface area contributed by atoms with E-state index in [4.69, 9.17) is 9.72 Å². The number of nitrogens with one attached hydrogen (secondary N) is 2. The summed E-state index contributed by atoms with van der Waals surface area (Å²) in [5.41, 5.74) is 3.30. The molecule has 9 nitrogen and oxygen atoms in total. The lowest BCUT2D eigenvalue weighted by Crippen LogP contribution is -2.41. The van der Waals surface area contributed by atoms with Crippen LogP contribution in [0.15, 0.2) is 42.7 Å². The van der Waals surface area contributed by atoms with E-state index in [1.54, 1.807) is 0 Å². The molecule has 0 aliphatic carbocycles. The maximum Gasteiger partial charge on any atom is 0.326 e. The molecular formula is C29H38N6O3. The van der Waals surface area contributed by atoms with Gasteiger partial charge in [0.25, 0.3) is 0 Å². The molecule has 0 saturated carbocycles. The summed E-state index contributed by atoms with van der Waals surface area (Å²) in [5.74, 6) is 0.704. The van der Waals surface area contributed by atoms with Gasteiger partial charge in [-0.3, -0.25) is 0 Å². The van der Waals surface area contributed by atoms with Gasteiger partial charge in [-0.2, -0.15) is 0 Å². The zero-order chi connectivity index (χ0) is 26.2. The monoisotopic (exact) mass is 518 g/mol. The van der Waals surface area contributed by atoms with Crippen molar-refractivity contribution in [2.24, 2.45) is 0 Å². The minimum absolute atomic E-state index is 0.145. The van der Waals surface area contributed by atoms with Crippen LogP contribution in [0.1, 0.15) is 49.8 Å². The van der Waals surface area contributed by atoms with E-state index in [1.807, 2.05) is 24.3 Å². The summed E-state index contributed by atoms with van der Waals surface area (Å²) in [7, 11) is 0. The van der Waals surface area contributed by atoms with Crippen LogP contribution >= 0.6 is 0 Å². The lowest BCUT2D eigenvalue weighted by atomic mass is 10.1. The quantitative estimate of drug-likeness (QED) is 0.305. The number of aromatic nitrogens is 3. The molecule has 2 atom stereocenters. The summed E-state index contributed by atoms with van der Waals surface area (Å²) in [6, 6.07) is 11.2. The van der Waals surface area contributed by atoms with Gasteiger partial charge in [0.15, 0.2) is 0 Å². The van der Waals surface area contributed by atoms with Gasteiger partial charge in [0, 0.05) is 37.2 Å². The normalized spacial score (nSPS) is 18.5. The Labute approximate surface area is 224 Å². The lowest BCUT2D eigenvalue weighted by Gasteiger charge is -2.32. The summed E-state index contributed by atoms with van der Waals surface area (Å²) >= 11 is 0. The van der Waals surface area contributed by atoms with Crippen molar-refractivity contribution >= 4 is 28.5 Å². The maximum absolute atomic E-state index is 11.9. The Balaban J connectivity index is 1.03.